The van der Waals surface area contributed by atoms with Gasteiger partial charge in [0.25, 0.3) is 5.91 Å². The largest absolute Gasteiger partial charge is 0.459 e. The predicted octanol–water partition coefficient (Wildman–Crippen LogP) is 4.46. The maximum absolute atomic E-state index is 14.0. The molecular weight excluding hydrogens is 379 g/mol. The number of thiophene rings is 1. The molecule has 0 bridgehead atoms. The monoisotopic (exact) mass is 400 g/mol. The summed E-state index contributed by atoms with van der Waals surface area (Å²) in [7, 11) is 0. The highest BCUT2D eigenvalue weighted by molar-refractivity contribution is 7.16. The first-order valence-electron chi connectivity index (χ1n) is 9.14. The molecule has 2 aromatic heterocycles. The highest BCUT2D eigenvalue weighted by atomic mass is 32.1. The van der Waals surface area contributed by atoms with Crippen molar-refractivity contribution < 1.29 is 18.3 Å². The van der Waals surface area contributed by atoms with E-state index >= 15 is 0 Å². The molecule has 1 fully saturated rings. The number of nitrogens with one attached hydrogen (secondary N) is 1. The van der Waals surface area contributed by atoms with Gasteiger partial charge in [0.05, 0.1) is 25.5 Å². The number of hydrogen-bond donors (Lipinski definition) is 1. The van der Waals surface area contributed by atoms with Gasteiger partial charge in [-0.05, 0) is 42.8 Å². The SMILES string of the molecule is Cc1cc([C@H](c2cccc(F)c2)N2CCOCC2)c(NC(=O)c2ccco2)s1. The van der Waals surface area contributed by atoms with Crippen molar-refractivity contribution >= 4 is 22.2 Å². The molecule has 1 aliphatic rings. The molecule has 1 amide bonds. The first-order valence-corrected chi connectivity index (χ1v) is 9.96. The Morgan fingerprint density at radius 1 is 1.21 bits per heavy atom. The zero-order valence-electron chi connectivity index (χ0n) is 15.5. The number of hydrogen-bond acceptors (Lipinski definition) is 5. The number of halogens is 1. The van der Waals surface area contributed by atoms with Crippen molar-refractivity contribution in [2.75, 3.05) is 31.6 Å². The van der Waals surface area contributed by atoms with E-state index in [-0.39, 0.29) is 23.5 Å². The zero-order chi connectivity index (χ0) is 19.5. The van der Waals surface area contributed by atoms with E-state index in [1.165, 1.54) is 23.7 Å². The molecule has 5 nitrogen and oxygen atoms in total. The Hall–Kier alpha value is -2.48. The second-order valence-electron chi connectivity index (χ2n) is 6.68. The number of carbonyl (C=O) groups is 1. The molecule has 28 heavy (non-hydrogen) atoms. The van der Waals surface area contributed by atoms with Crippen LogP contribution >= 0.6 is 11.3 Å². The van der Waals surface area contributed by atoms with Crippen LogP contribution in [0.1, 0.15) is 32.6 Å². The lowest BCUT2D eigenvalue weighted by Gasteiger charge is -2.35. The lowest BCUT2D eigenvalue weighted by molar-refractivity contribution is 0.0241. The van der Waals surface area contributed by atoms with Crippen molar-refractivity contribution in [2.45, 2.75) is 13.0 Å². The van der Waals surface area contributed by atoms with E-state index in [0.717, 1.165) is 34.1 Å². The summed E-state index contributed by atoms with van der Waals surface area (Å²) >= 11 is 1.51. The summed E-state index contributed by atoms with van der Waals surface area (Å²) in [6.07, 6.45) is 1.47. The average molecular weight is 400 g/mol. The summed E-state index contributed by atoms with van der Waals surface area (Å²) in [5, 5.41) is 3.72. The van der Waals surface area contributed by atoms with Gasteiger partial charge in [-0.2, -0.15) is 0 Å². The first-order chi connectivity index (χ1) is 13.6. The number of furan rings is 1. The molecule has 1 atom stereocenters. The summed E-state index contributed by atoms with van der Waals surface area (Å²) in [5.74, 6) is -0.317. The molecule has 0 unspecified atom stereocenters. The fourth-order valence-corrected chi connectivity index (χ4v) is 4.45. The number of morpholine rings is 1. The van der Waals surface area contributed by atoms with Crippen LogP contribution in [0.2, 0.25) is 0 Å². The topological polar surface area (TPSA) is 54.7 Å². The minimum Gasteiger partial charge on any atom is -0.459 e. The van der Waals surface area contributed by atoms with Crippen LogP contribution in [0.25, 0.3) is 0 Å². The number of benzene rings is 1. The molecule has 1 aromatic carbocycles. The second kappa shape index (κ2) is 8.26. The lowest BCUT2D eigenvalue weighted by atomic mass is 9.97. The Morgan fingerprint density at radius 3 is 2.75 bits per heavy atom. The number of aryl methyl sites for hydroxylation is 1. The Morgan fingerprint density at radius 2 is 2.04 bits per heavy atom. The van der Waals surface area contributed by atoms with Crippen LogP contribution in [-0.4, -0.2) is 37.1 Å². The summed E-state index contributed by atoms with van der Waals surface area (Å²) in [5.41, 5.74) is 1.81. The van der Waals surface area contributed by atoms with Crippen molar-refractivity contribution in [3.8, 4) is 0 Å². The van der Waals surface area contributed by atoms with Crippen LogP contribution in [0.3, 0.4) is 0 Å². The van der Waals surface area contributed by atoms with E-state index in [4.69, 9.17) is 9.15 Å². The van der Waals surface area contributed by atoms with E-state index < -0.39 is 0 Å². The minimum absolute atomic E-state index is 0.170. The quantitative estimate of drug-likeness (QED) is 0.687. The van der Waals surface area contributed by atoms with Gasteiger partial charge < -0.3 is 14.5 Å². The molecule has 3 heterocycles. The molecule has 0 saturated carbocycles. The third-order valence-corrected chi connectivity index (χ3v) is 5.71. The van der Waals surface area contributed by atoms with Gasteiger partial charge in [-0.1, -0.05) is 12.1 Å². The van der Waals surface area contributed by atoms with Crippen molar-refractivity contribution in [3.63, 3.8) is 0 Å². The lowest BCUT2D eigenvalue weighted by Crippen LogP contribution is -2.39. The van der Waals surface area contributed by atoms with Gasteiger partial charge in [0.2, 0.25) is 0 Å². The van der Waals surface area contributed by atoms with Crippen molar-refractivity contribution in [1.82, 2.24) is 4.90 Å². The molecule has 7 heteroatoms. The number of carbonyl (C=O) groups excluding carboxylic acids is 1. The highest BCUT2D eigenvalue weighted by Crippen LogP contribution is 2.39. The van der Waals surface area contributed by atoms with Crippen molar-refractivity contribution in [1.29, 1.82) is 0 Å². The maximum atomic E-state index is 14.0. The van der Waals surface area contributed by atoms with Gasteiger partial charge in [0, 0.05) is 23.5 Å². The summed E-state index contributed by atoms with van der Waals surface area (Å²) in [6.45, 7) is 4.73. The van der Waals surface area contributed by atoms with Crippen LogP contribution < -0.4 is 5.32 Å². The Kier molecular flexibility index (Phi) is 5.57. The number of amides is 1. The molecule has 1 N–H and O–H groups in total. The Labute approximate surface area is 166 Å². The van der Waals surface area contributed by atoms with Crippen LogP contribution in [0.5, 0.6) is 0 Å². The van der Waals surface area contributed by atoms with Gasteiger partial charge in [-0.15, -0.1) is 11.3 Å². The maximum Gasteiger partial charge on any atom is 0.291 e. The molecular formula is C21H21FN2O3S. The Bertz CT molecular complexity index is 948. The first kappa shape index (κ1) is 18.9. The summed E-state index contributed by atoms with van der Waals surface area (Å²) < 4.78 is 24.7. The number of nitrogens with zero attached hydrogens (tertiary/aromatic N) is 1. The third kappa shape index (κ3) is 4.01. The second-order valence-corrected chi connectivity index (χ2v) is 7.94. The van der Waals surface area contributed by atoms with Crippen LogP contribution in [-0.2, 0) is 4.74 Å². The molecule has 1 aliphatic heterocycles. The van der Waals surface area contributed by atoms with Gasteiger partial charge >= 0.3 is 0 Å². The molecule has 146 valence electrons. The molecule has 1 saturated heterocycles. The molecule has 3 aromatic rings. The van der Waals surface area contributed by atoms with Crippen molar-refractivity contribution in [2.24, 2.45) is 0 Å². The van der Waals surface area contributed by atoms with Crippen LogP contribution in [0.15, 0.2) is 53.1 Å². The van der Waals surface area contributed by atoms with E-state index in [9.17, 15) is 9.18 Å². The Balaban J connectivity index is 1.72. The number of rotatable bonds is 5. The highest BCUT2D eigenvalue weighted by Gasteiger charge is 2.29. The van der Waals surface area contributed by atoms with Crippen molar-refractivity contribution in [3.05, 3.63) is 76.3 Å². The van der Waals surface area contributed by atoms with Gasteiger partial charge in [0.1, 0.15) is 10.8 Å². The van der Waals surface area contributed by atoms with E-state index in [1.807, 2.05) is 13.0 Å². The fraction of sp³-hybridized carbons (Fsp3) is 0.286. The zero-order valence-corrected chi connectivity index (χ0v) is 16.3. The average Bonchev–Trinajstić information content (AvgIpc) is 3.34. The fourth-order valence-electron chi connectivity index (χ4n) is 3.51. The molecule has 0 spiro atoms. The molecule has 0 radical (unpaired) electrons. The van der Waals surface area contributed by atoms with E-state index in [2.05, 4.69) is 16.3 Å². The minimum atomic E-state index is -0.298. The van der Waals surface area contributed by atoms with E-state index in [1.54, 1.807) is 24.3 Å². The van der Waals surface area contributed by atoms with E-state index in [0.29, 0.717) is 13.2 Å². The number of anilines is 1. The normalized spacial score (nSPS) is 16.1. The molecule has 0 aliphatic carbocycles. The van der Waals surface area contributed by atoms with Gasteiger partial charge in [0.15, 0.2) is 5.76 Å². The third-order valence-electron chi connectivity index (χ3n) is 4.73. The van der Waals surface area contributed by atoms with Crippen LogP contribution in [0, 0.1) is 12.7 Å². The predicted molar refractivity (Wildman–Crippen MR) is 106 cm³/mol. The van der Waals surface area contributed by atoms with Gasteiger partial charge in [-0.25, -0.2) is 4.39 Å². The molecule has 4 rings (SSSR count). The summed E-state index contributed by atoms with van der Waals surface area (Å²) in [6, 6.07) is 11.8. The van der Waals surface area contributed by atoms with Gasteiger partial charge in [-0.3, -0.25) is 9.69 Å². The number of ether oxygens (including phenoxy) is 1. The standard InChI is InChI=1S/C21H21FN2O3S/c1-14-12-17(21(28-14)23-20(25)18-6-3-9-27-18)19(24-7-10-26-11-8-24)15-4-2-5-16(22)13-15/h2-6,9,12-13,19H,7-8,10-11H2,1H3,(H,23,25)/t19-/m0/s1. The van der Waals surface area contributed by atoms with Crippen LogP contribution in [0.4, 0.5) is 9.39 Å². The smallest absolute Gasteiger partial charge is 0.291 e. The summed E-state index contributed by atoms with van der Waals surface area (Å²) in [4.78, 5) is 15.9.